The molecule has 6 nitrogen and oxygen atoms in total. The van der Waals surface area contributed by atoms with Crippen LogP contribution in [0.25, 0.3) is 0 Å². The van der Waals surface area contributed by atoms with Crippen molar-refractivity contribution in [1.82, 2.24) is 4.90 Å². The highest BCUT2D eigenvalue weighted by molar-refractivity contribution is 5.77. The number of carboxylic acids is 1. The van der Waals surface area contributed by atoms with Gasteiger partial charge in [-0.2, -0.15) is 0 Å². The van der Waals surface area contributed by atoms with E-state index in [-0.39, 0.29) is 18.4 Å². The highest BCUT2D eigenvalue weighted by Gasteiger charge is 2.28. The van der Waals surface area contributed by atoms with Gasteiger partial charge in [0.15, 0.2) is 0 Å². The first kappa shape index (κ1) is 15.9. The molecular formula is C13H24N2O4. The first-order valence-electron chi connectivity index (χ1n) is 6.83. The Bertz CT molecular complexity index is 309. The number of hydrogen-bond donors (Lipinski definition) is 2. The lowest BCUT2D eigenvalue weighted by Gasteiger charge is -2.35. The molecule has 0 saturated carbocycles. The summed E-state index contributed by atoms with van der Waals surface area (Å²) >= 11 is 0. The maximum absolute atomic E-state index is 12.1. The first-order chi connectivity index (χ1) is 9.04. The van der Waals surface area contributed by atoms with Crippen LogP contribution in [0, 0.1) is 5.92 Å². The normalized spacial score (nSPS) is 21.2. The van der Waals surface area contributed by atoms with Gasteiger partial charge in [0.2, 0.25) is 5.91 Å². The van der Waals surface area contributed by atoms with Crippen molar-refractivity contribution < 1.29 is 19.4 Å². The van der Waals surface area contributed by atoms with Gasteiger partial charge in [0, 0.05) is 13.0 Å². The van der Waals surface area contributed by atoms with Gasteiger partial charge < -0.3 is 20.5 Å². The molecule has 0 aromatic carbocycles. The second kappa shape index (κ2) is 8.12. The predicted molar refractivity (Wildman–Crippen MR) is 70.6 cm³/mol. The number of carbonyl (C=O) groups is 2. The smallest absolute Gasteiger partial charge is 0.305 e. The van der Waals surface area contributed by atoms with Crippen LogP contribution in [0.1, 0.15) is 32.6 Å². The number of carbonyl (C=O) groups excluding carboxylic acids is 1. The maximum atomic E-state index is 12.1. The summed E-state index contributed by atoms with van der Waals surface area (Å²) in [6.45, 7) is 4.00. The Morgan fingerprint density at radius 1 is 1.47 bits per heavy atom. The summed E-state index contributed by atoms with van der Waals surface area (Å²) in [4.78, 5) is 24.6. The summed E-state index contributed by atoms with van der Waals surface area (Å²) in [5, 5.41) is 8.85. The third-order valence-electron chi connectivity index (χ3n) is 3.47. The molecule has 1 aliphatic rings. The summed E-state index contributed by atoms with van der Waals surface area (Å²) in [6, 6.07) is -0.330. The number of ether oxygens (including phenoxy) is 1. The van der Waals surface area contributed by atoms with Crippen LogP contribution in [-0.2, 0) is 14.3 Å². The van der Waals surface area contributed by atoms with Crippen LogP contribution in [0.3, 0.4) is 0 Å². The zero-order chi connectivity index (χ0) is 14.3. The van der Waals surface area contributed by atoms with Gasteiger partial charge in [0.25, 0.3) is 0 Å². The Balaban J connectivity index is 2.45. The van der Waals surface area contributed by atoms with Crippen molar-refractivity contribution in [3.63, 3.8) is 0 Å². The second-order valence-corrected chi connectivity index (χ2v) is 5.13. The zero-order valence-corrected chi connectivity index (χ0v) is 11.5. The van der Waals surface area contributed by atoms with Crippen LogP contribution in [0.5, 0.6) is 0 Å². The van der Waals surface area contributed by atoms with Crippen LogP contribution >= 0.6 is 0 Å². The van der Waals surface area contributed by atoms with Crippen LogP contribution in [0.4, 0.5) is 0 Å². The Morgan fingerprint density at radius 3 is 2.84 bits per heavy atom. The van der Waals surface area contributed by atoms with Crippen molar-refractivity contribution in [2.75, 3.05) is 26.3 Å². The minimum Gasteiger partial charge on any atom is -0.481 e. The molecule has 110 valence electrons. The minimum atomic E-state index is -0.898. The van der Waals surface area contributed by atoms with Gasteiger partial charge in [0.1, 0.15) is 0 Å². The van der Waals surface area contributed by atoms with Crippen molar-refractivity contribution in [3.05, 3.63) is 0 Å². The van der Waals surface area contributed by atoms with Crippen LogP contribution in [0.2, 0.25) is 0 Å². The molecule has 0 aromatic rings. The number of amides is 1. The molecule has 3 N–H and O–H groups in total. The fraction of sp³-hybridized carbons (Fsp3) is 0.846. The maximum Gasteiger partial charge on any atom is 0.305 e. The molecule has 0 bridgehead atoms. The largest absolute Gasteiger partial charge is 0.481 e. The fourth-order valence-electron chi connectivity index (χ4n) is 2.30. The van der Waals surface area contributed by atoms with E-state index in [9.17, 15) is 9.59 Å². The average molecular weight is 272 g/mol. The number of aliphatic carboxylic acids is 1. The Kier molecular flexibility index (Phi) is 6.80. The number of nitrogens with zero attached hydrogens (tertiary/aromatic N) is 1. The number of rotatable bonds is 7. The van der Waals surface area contributed by atoms with Crippen molar-refractivity contribution in [1.29, 1.82) is 0 Å². The average Bonchev–Trinajstić information content (AvgIpc) is 2.36. The van der Waals surface area contributed by atoms with Crippen molar-refractivity contribution >= 4 is 11.9 Å². The van der Waals surface area contributed by atoms with Crippen LogP contribution in [0.15, 0.2) is 0 Å². The lowest BCUT2D eigenvalue weighted by Crippen LogP contribution is -2.49. The quantitative estimate of drug-likeness (QED) is 0.702. The molecule has 1 saturated heterocycles. The van der Waals surface area contributed by atoms with E-state index < -0.39 is 5.97 Å². The van der Waals surface area contributed by atoms with E-state index in [2.05, 4.69) is 6.92 Å². The van der Waals surface area contributed by atoms with Crippen molar-refractivity contribution in [3.8, 4) is 0 Å². The first-order valence-corrected chi connectivity index (χ1v) is 6.83. The van der Waals surface area contributed by atoms with Gasteiger partial charge in [-0.15, -0.1) is 0 Å². The standard InChI is InChI=1S/C13H24N2O4/c1-10(4-5-14)2-3-12(16)15-6-7-19-9-11(15)8-13(17)18/h10-11H,2-9,14H2,1H3,(H,17,18). The molecule has 2 atom stereocenters. The lowest BCUT2D eigenvalue weighted by atomic mass is 10.0. The Labute approximate surface area is 113 Å². The predicted octanol–water partition coefficient (Wildman–Crippen LogP) is 0.454. The van der Waals surface area contributed by atoms with E-state index in [4.69, 9.17) is 15.6 Å². The molecule has 1 aliphatic heterocycles. The Hall–Kier alpha value is -1.14. The van der Waals surface area contributed by atoms with Gasteiger partial charge in [-0.1, -0.05) is 6.92 Å². The second-order valence-electron chi connectivity index (χ2n) is 5.13. The highest BCUT2D eigenvalue weighted by atomic mass is 16.5. The van der Waals surface area contributed by atoms with E-state index in [1.807, 2.05) is 0 Å². The summed E-state index contributed by atoms with van der Waals surface area (Å²) in [5.74, 6) is -0.448. The van der Waals surface area contributed by atoms with Gasteiger partial charge in [0.05, 0.1) is 25.7 Å². The summed E-state index contributed by atoms with van der Waals surface area (Å²) in [6.07, 6.45) is 2.11. The molecule has 0 radical (unpaired) electrons. The van der Waals surface area contributed by atoms with Gasteiger partial charge >= 0.3 is 5.97 Å². The van der Waals surface area contributed by atoms with E-state index >= 15 is 0 Å². The van der Waals surface area contributed by atoms with Crippen LogP contribution in [-0.4, -0.2) is 54.2 Å². The molecule has 0 aliphatic carbocycles. The van der Waals surface area contributed by atoms with Gasteiger partial charge in [-0.25, -0.2) is 0 Å². The summed E-state index contributed by atoms with van der Waals surface area (Å²) in [5.41, 5.74) is 5.48. The third-order valence-corrected chi connectivity index (χ3v) is 3.47. The molecule has 1 heterocycles. The molecule has 0 spiro atoms. The highest BCUT2D eigenvalue weighted by Crippen LogP contribution is 2.16. The van der Waals surface area contributed by atoms with E-state index in [0.29, 0.717) is 38.6 Å². The zero-order valence-electron chi connectivity index (χ0n) is 11.5. The minimum absolute atomic E-state index is 0.0263. The summed E-state index contributed by atoms with van der Waals surface area (Å²) < 4.78 is 5.25. The summed E-state index contributed by atoms with van der Waals surface area (Å²) in [7, 11) is 0. The van der Waals surface area contributed by atoms with E-state index in [1.165, 1.54) is 0 Å². The number of carboxylic acid groups (broad SMARTS) is 1. The third kappa shape index (κ3) is 5.57. The number of nitrogens with two attached hydrogens (primary N) is 1. The molecular weight excluding hydrogens is 248 g/mol. The topological polar surface area (TPSA) is 92.9 Å². The van der Waals surface area contributed by atoms with Crippen molar-refractivity contribution in [2.45, 2.75) is 38.6 Å². The SMILES string of the molecule is CC(CCN)CCC(=O)N1CCOCC1CC(=O)O. The molecule has 1 fully saturated rings. The van der Waals surface area contributed by atoms with E-state index in [0.717, 1.165) is 12.8 Å². The molecule has 6 heteroatoms. The van der Waals surface area contributed by atoms with Gasteiger partial charge in [-0.3, -0.25) is 9.59 Å². The molecule has 1 amide bonds. The lowest BCUT2D eigenvalue weighted by molar-refractivity contribution is -0.146. The van der Waals surface area contributed by atoms with Gasteiger partial charge in [-0.05, 0) is 25.3 Å². The van der Waals surface area contributed by atoms with Crippen molar-refractivity contribution in [2.24, 2.45) is 11.7 Å². The number of hydrogen-bond acceptors (Lipinski definition) is 4. The fourth-order valence-corrected chi connectivity index (χ4v) is 2.30. The van der Waals surface area contributed by atoms with E-state index in [1.54, 1.807) is 4.90 Å². The molecule has 0 aromatic heterocycles. The monoisotopic (exact) mass is 272 g/mol. The number of morpholine rings is 1. The Morgan fingerprint density at radius 2 is 2.21 bits per heavy atom. The molecule has 19 heavy (non-hydrogen) atoms. The molecule has 2 unspecified atom stereocenters. The van der Waals surface area contributed by atoms with Crippen LogP contribution < -0.4 is 5.73 Å². The molecule has 1 rings (SSSR count).